The number of rotatable bonds is 21. The Bertz CT molecular complexity index is 1020. The van der Waals surface area contributed by atoms with Gasteiger partial charge in [-0.25, -0.2) is 9.13 Å². The molecule has 3 rings (SSSR count). The maximum absolute atomic E-state index is 2.53. The van der Waals surface area contributed by atoms with Gasteiger partial charge in [0.2, 0.25) is 6.33 Å². The van der Waals surface area contributed by atoms with Crippen LogP contribution in [-0.2, 0) is 11.8 Å². The highest BCUT2D eigenvalue weighted by Gasteiger charge is 2.40. The van der Waals surface area contributed by atoms with Gasteiger partial charge in [-0.1, -0.05) is 158 Å². The van der Waals surface area contributed by atoms with Crippen molar-refractivity contribution in [3.8, 4) is 0 Å². The van der Waals surface area contributed by atoms with E-state index in [0.29, 0.717) is 12.1 Å². The lowest BCUT2D eigenvalue weighted by Crippen LogP contribution is -2.50. The highest BCUT2D eigenvalue weighted by molar-refractivity contribution is 5.29. The van der Waals surface area contributed by atoms with Gasteiger partial charge in [-0.3, -0.25) is 0 Å². The fraction of sp³-hybridized carbons (Fsp3) is 0.605. The van der Waals surface area contributed by atoms with E-state index >= 15 is 0 Å². The lowest BCUT2D eigenvalue weighted by atomic mass is 9.70. The van der Waals surface area contributed by atoms with Crippen LogP contribution < -0.4 is 4.57 Å². The summed E-state index contributed by atoms with van der Waals surface area (Å²) in [7, 11) is 0. The van der Waals surface area contributed by atoms with Gasteiger partial charge in [0.05, 0.1) is 6.04 Å². The summed E-state index contributed by atoms with van der Waals surface area (Å²) in [4.78, 5) is 0. The third-order valence-electron chi connectivity index (χ3n) is 9.05. The summed E-state index contributed by atoms with van der Waals surface area (Å²) in [6.07, 6.45) is 28.9. The van der Waals surface area contributed by atoms with Crippen molar-refractivity contribution in [3.05, 3.63) is 90.5 Å². The third-order valence-corrected chi connectivity index (χ3v) is 9.05. The summed E-state index contributed by atoms with van der Waals surface area (Å²) in [6, 6.07) is 23.3. The predicted octanol–water partition coefficient (Wildman–Crippen LogP) is 11.0. The Labute approximate surface area is 247 Å². The Morgan fingerprint density at radius 1 is 0.675 bits per heavy atom. The van der Waals surface area contributed by atoms with Crippen molar-refractivity contribution < 1.29 is 4.57 Å². The van der Waals surface area contributed by atoms with Crippen molar-refractivity contribution >= 4 is 0 Å². The molecule has 0 amide bonds. The second-order valence-electron chi connectivity index (χ2n) is 12.7. The van der Waals surface area contributed by atoms with E-state index in [0.717, 1.165) is 6.42 Å². The number of nitrogens with zero attached hydrogens (tertiary/aromatic N) is 2. The molecule has 0 aliphatic heterocycles. The van der Waals surface area contributed by atoms with Crippen LogP contribution in [0.15, 0.2) is 79.4 Å². The van der Waals surface area contributed by atoms with E-state index in [9.17, 15) is 0 Å². The average Bonchev–Trinajstić information content (AvgIpc) is 3.46. The molecule has 2 aromatic carbocycles. The van der Waals surface area contributed by atoms with Crippen LogP contribution in [0.2, 0.25) is 0 Å². The molecule has 0 fully saturated rings. The van der Waals surface area contributed by atoms with Crippen molar-refractivity contribution in [2.45, 2.75) is 148 Å². The van der Waals surface area contributed by atoms with Crippen LogP contribution in [0.4, 0.5) is 0 Å². The maximum atomic E-state index is 2.53. The van der Waals surface area contributed by atoms with E-state index in [4.69, 9.17) is 0 Å². The Kier molecular flexibility index (Phi) is 14.6. The molecule has 2 heteroatoms. The maximum Gasteiger partial charge on any atom is 0.244 e. The number of hydrogen-bond acceptors (Lipinski definition) is 0. The molecule has 0 N–H and O–H groups in total. The fourth-order valence-electron chi connectivity index (χ4n) is 6.45. The largest absolute Gasteiger partial charge is 0.244 e. The van der Waals surface area contributed by atoms with Gasteiger partial charge in [-0.15, -0.1) is 0 Å². The van der Waals surface area contributed by atoms with Crippen LogP contribution in [0.25, 0.3) is 0 Å². The Morgan fingerprint density at radius 3 is 1.68 bits per heavy atom. The van der Waals surface area contributed by atoms with Crippen molar-refractivity contribution in [2.24, 2.45) is 0 Å². The van der Waals surface area contributed by atoms with Gasteiger partial charge >= 0.3 is 0 Å². The topological polar surface area (TPSA) is 8.81 Å². The van der Waals surface area contributed by atoms with Gasteiger partial charge in [0.15, 0.2) is 0 Å². The summed E-state index contributed by atoms with van der Waals surface area (Å²) in [6.45, 7) is 9.35. The van der Waals surface area contributed by atoms with Crippen LogP contribution in [-0.4, -0.2) is 4.57 Å². The minimum absolute atomic E-state index is 0.00693. The molecule has 0 saturated carbocycles. The molecule has 2 nitrogen and oxygen atoms in total. The zero-order valence-corrected chi connectivity index (χ0v) is 26.4. The second kappa shape index (κ2) is 18.2. The van der Waals surface area contributed by atoms with Crippen LogP contribution in [0.5, 0.6) is 0 Å². The van der Waals surface area contributed by atoms with E-state index in [1.807, 2.05) is 0 Å². The van der Waals surface area contributed by atoms with E-state index in [-0.39, 0.29) is 5.41 Å². The SMILES string of the molecule is CCCCCCCCCCCCCCCCC([n+]1ccn(C(C)C)c1)C(C)(Cc1ccccc1)c1ccccc1. The number of hydrogen-bond donors (Lipinski definition) is 0. The van der Waals surface area contributed by atoms with E-state index < -0.39 is 0 Å². The summed E-state index contributed by atoms with van der Waals surface area (Å²) in [5.41, 5.74) is 2.87. The molecule has 0 aliphatic carbocycles. The predicted molar refractivity (Wildman–Crippen MR) is 173 cm³/mol. The zero-order chi connectivity index (χ0) is 28.5. The molecule has 1 heterocycles. The first kappa shape index (κ1) is 32.2. The van der Waals surface area contributed by atoms with Crippen LogP contribution in [0, 0.1) is 0 Å². The lowest BCUT2D eigenvalue weighted by molar-refractivity contribution is -0.732. The van der Waals surface area contributed by atoms with Crippen molar-refractivity contribution in [2.75, 3.05) is 0 Å². The molecule has 0 spiro atoms. The third kappa shape index (κ3) is 10.6. The van der Waals surface area contributed by atoms with Gasteiger partial charge in [0.25, 0.3) is 0 Å². The first-order chi connectivity index (χ1) is 19.5. The molecule has 0 aliphatic rings. The van der Waals surface area contributed by atoms with E-state index in [1.165, 1.54) is 107 Å². The van der Waals surface area contributed by atoms with Gasteiger partial charge in [0, 0.05) is 5.41 Å². The van der Waals surface area contributed by atoms with Crippen molar-refractivity contribution in [1.29, 1.82) is 0 Å². The molecule has 1 aromatic heterocycles. The van der Waals surface area contributed by atoms with Crippen molar-refractivity contribution in [3.63, 3.8) is 0 Å². The smallest absolute Gasteiger partial charge is 0.235 e. The summed E-state index contributed by atoms with van der Waals surface area (Å²) >= 11 is 0. The molecule has 2 unspecified atom stereocenters. The molecule has 3 aromatic rings. The molecular formula is C38H59N2+. The molecule has 220 valence electrons. The Balaban J connectivity index is 1.56. The van der Waals surface area contributed by atoms with Crippen LogP contribution in [0.1, 0.15) is 147 Å². The second-order valence-corrected chi connectivity index (χ2v) is 12.7. The molecule has 0 bridgehead atoms. The first-order valence-electron chi connectivity index (χ1n) is 16.7. The molecule has 40 heavy (non-hydrogen) atoms. The first-order valence-corrected chi connectivity index (χ1v) is 16.7. The van der Waals surface area contributed by atoms with Crippen LogP contribution >= 0.6 is 0 Å². The molecular weight excluding hydrogens is 484 g/mol. The summed E-state index contributed by atoms with van der Waals surface area (Å²) in [5, 5.41) is 0. The lowest BCUT2D eigenvalue weighted by Gasteiger charge is -2.37. The number of aromatic nitrogens is 2. The monoisotopic (exact) mass is 543 g/mol. The minimum Gasteiger partial charge on any atom is -0.235 e. The number of unbranched alkanes of at least 4 members (excludes halogenated alkanes) is 13. The highest BCUT2D eigenvalue weighted by atomic mass is 15.1. The average molecular weight is 544 g/mol. The fourth-order valence-corrected chi connectivity index (χ4v) is 6.45. The van der Waals surface area contributed by atoms with Gasteiger partial charge in [0.1, 0.15) is 18.4 Å². The Hall–Kier alpha value is -2.35. The summed E-state index contributed by atoms with van der Waals surface area (Å²) < 4.78 is 4.88. The quantitative estimate of drug-likeness (QED) is 0.0933. The highest BCUT2D eigenvalue weighted by Crippen LogP contribution is 2.39. The molecule has 0 saturated heterocycles. The van der Waals surface area contributed by atoms with Gasteiger partial charge in [-0.2, -0.15) is 0 Å². The van der Waals surface area contributed by atoms with Crippen molar-refractivity contribution in [1.82, 2.24) is 4.57 Å². The minimum atomic E-state index is 0.00693. The van der Waals surface area contributed by atoms with E-state index in [2.05, 4.69) is 116 Å². The standard InChI is InChI=1S/C38H59N2/c1-5-6-7-8-9-10-11-12-13-14-15-16-17-24-29-37(40-31-30-39(33-40)34(2)3)38(4,36-27-22-19-23-28-36)32-35-25-20-18-21-26-35/h18-23,25-28,30-31,33-34,37H,5-17,24,29,32H2,1-4H3/q+1. The van der Waals surface area contributed by atoms with Crippen LogP contribution in [0.3, 0.4) is 0 Å². The normalized spacial score (nSPS) is 13.9. The number of benzene rings is 2. The van der Waals surface area contributed by atoms with E-state index in [1.54, 1.807) is 0 Å². The number of imidazole rings is 1. The zero-order valence-electron chi connectivity index (χ0n) is 26.4. The molecule has 2 atom stereocenters. The van der Waals surface area contributed by atoms with Gasteiger partial charge < -0.3 is 0 Å². The Morgan fingerprint density at radius 2 is 1.18 bits per heavy atom. The van der Waals surface area contributed by atoms with Gasteiger partial charge in [-0.05, 0) is 44.2 Å². The summed E-state index contributed by atoms with van der Waals surface area (Å²) in [5.74, 6) is 0. The molecule has 0 radical (unpaired) electrons.